The lowest BCUT2D eigenvalue weighted by molar-refractivity contribution is 0.476. The number of hydrogen-bond acceptors (Lipinski definition) is 2. The number of benzene rings is 3. The Morgan fingerprint density at radius 1 is 0.857 bits per heavy atom. The second kappa shape index (κ2) is 5.49. The van der Waals surface area contributed by atoms with E-state index in [9.17, 15) is 5.11 Å². The molecular weight excluding hydrogens is 258 g/mol. The van der Waals surface area contributed by atoms with Gasteiger partial charge in [0.05, 0.1) is 0 Å². The van der Waals surface area contributed by atoms with Crippen LogP contribution in [0.15, 0.2) is 60.7 Å². The Morgan fingerprint density at radius 3 is 2.29 bits per heavy atom. The largest absolute Gasteiger partial charge is 0.507 e. The van der Waals surface area contributed by atoms with Gasteiger partial charge in [-0.3, -0.25) is 0 Å². The van der Waals surface area contributed by atoms with Gasteiger partial charge in [0, 0.05) is 31.6 Å². The molecule has 3 rings (SSSR count). The van der Waals surface area contributed by atoms with Crippen molar-refractivity contribution in [1.29, 1.82) is 0 Å². The lowest BCUT2D eigenvalue weighted by Gasteiger charge is -2.13. The van der Waals surface area contributed by atoms with Gasteiger partial charge in [0.25, 0.3) is 0 Å². The van der Waals surface area contributed by atoms with E-state index in [1.54, 1.807) is 0 Å². The minimum absolute atomic E-state index is 0.393. The Hall–Kier alpha value is -2.48. The zero-order chi connectivity index (χ0) is 14.8. The maximum Gasteiger partial charge on any atom is 0.126 e. The van der Waals surface area contributed by atoms with Crippen LogP contribution in [0.4, 0.5) is 5.69 Å². The Balaban J connectivity index is 1.92. The van der Waals surface area contributed by atoms with E-state index in [1.165, 1.54) is 11.3 Å². The van der Waals surface area contributed by atoms with Crippen LogP contribution >= 0.6 is 0 Å². The summed E-state index contributed by atoms with van der Waals surface area (Å²) in [5, 5.41) is 12.4. The minimum atomic E-state index is 0.393. The monoisotopic (exact) mass is 277 g/mol. The third kappa shape index (κ3) is 2.70. The summed E-state index contributed by atoms with van der Waals surface area (Å²) in [6.45, 7) is 0. The maximum absolute atomic E-state index is 10.4. The summed E-state index contributed by atoms with van der Waals surface area (Å²) < 4.78 is 0. The number of phenolic OH excluding ortho intramolecular Hbond substituents is 1. The molecule has 21 heavy (non-hydrogen) atoms. The molecule has 0 spiro atoms. The fraction of sp³-hybridized carbons (Fsp3) is 0.158. The first-order valence-electron chi connectivity index (χ1n) is 7.11. The van der Waals surface area contributed by atoms with Gasteiger partial charge in [0.15, 0.2) is 0 Å². The van der Waals surface area contributed by atoms with Crippen molar-refractivity contribution < 1.29 is 5.11 Å². The zero-order valence-corrected chi connectivity index (χ0v) is 12.4. The molecule has 0 radical (unpaired) electrons. The fourth-order valence-electron chi connectivity index (χ4n) is 2.57. The van der Waals surface area contributed by atoms with Crippen molar-refractivity contribution in [2.75, 3.05) is 19.0 Å². The fourth-order valence-corrected chi connectivity index (χ4v) is 2.57. The van der Waals surface area contributed by atoms with Gasteiger partial charge in [0.1, 0.15) is 5.75 Å². The van der Waals surface area contributed by atoms with Crippen molar-refractivity contribution in [3.05, 3.63) is 71.8 Å². The number of aromatic hydroxyl groups is 1. The molecule has 0 saturated carbocycles. The summed E-state index contributed by atoms with van der Waals surface area (Å²) in [7, 11) is 4.06. The Kier molecular flexibility index (Phi) is 3.53. The summed E-state index contributed by atoms with van der Waals surface area (Å²) in [5.41, 5.74) is 3.35. The second-order valence-electron chi connectivity index (χ2n) is 5.53. The van der Waals surface area contributed by atoms with Crippen molar-refractivity contribution in [2.45, 2.75) is 6.42 Å². The van der Waals surface area contributed by atoms with Gasteiger partial charge < -0.3 is 10.0 Å². The number of anilines is 1. The highest BCUT2D eigenvalue weighted by molar-refractivity contribution is 5.89. The van der Waals surface area contributed by atoms with Gasteiger partial charge >= 0.3 is 0 Å². The van der Waals surface area contributed by atoms with Crippen molar-refractivity contribution in [1.82, 2.24) is 0 Å². The van der Waals surface area contributed by atoms with Crippen LogP contribution in [0.25, 0.3) is 10.8 Å². The SMILES string of the molecule is CN(C)c1ccc(Cc2ccc3ccccc3c2O)cc1. The molecule has 0 fully saturated rings. The molecule has 0 aliphatic carbocycles. The van der Waals surface area contributed by atoms with E-state index in [0.717, 1.165) is 22.8 Å². The molecular formula is C19H19NO. The van der Waals surface area contributed by atoms with Crippen LogP contribution in [0.3, 0.4) is 0 Å². The molecule has 2 heteroatoms. The third-order valence-corrected chi connectivity index (χ3v) is 3.83. The smallest absolute Gasteiger partial charge is 0.126 e. The number of phenols is 1. The summed E-state index contributed by atoms with van der Waals surface area (Å²) in [4.78, 5) is 2.08. The van der Waals surface area contributed by atoms with Gasteiger partial charge in [-0.05, 0) is 28.6 Å². The number of hydrogen-bond donors (Lipinski definition) is 1. The Labute approximate surface area is 125 Å². The first kappa shape index (κ1) is 13.5. The minimum Gasteiger partial charge on any atom is -0.507 e. The van der Waals surface area contributed by atoms with Gasteiger partial charge in [-0.15, -0.1) is 0 Å². The molecule has 0 aliphatic rings. The van der Waals surface area contributed by atoms with Crippen molar-refractivity contribution >= 4 is 16.5 Å². The summed E-state index contributed by atoms with van der Waals surface area (Å²) in [5.74, 6) is 0.393. The van der Waals surface area contributed by atoms with Crippen LogP contribution in [0.2, 0.25) is 0 Å². The topological polar surface area (TPSA) is 23.5 Å². The molecule has 3 aromatic rings. The van der Waals surface area contributed by atoms with Gasteiger partial charge in [0.2, 0.25) is 0 Å². The average molecular weight is 277 g/mol. The van der Waals surface area contributed by atoms with E-state index in [2.05, 4.69) is 35.2 Å². The lowest BCUT2D eigenvalue weighted by atomic mass is 9.99. The Bertz CT molecular complexity index is 760. The van der Waals surface area contributed by atoms with E-state index in [1.807, 2.05) is 44.4 Å². The highest BCUT2D eigenvalue weighted by atomic mass is 16.3. The molecule has 3 aromatic carbocycles. The zero-order valence-electron chi connectivity index (χ0n) is 12.4. The molecule has 0 aromatic heterocycles. The molecule has 0 amide bonds. The summed E-state index contributed by atoms with van der Waals surface area (Å²) >= 11 is 0. The number of fused-ring (bicyclic) bond motifs is 1. The average Bonchev–Trinajstić information content (AvgIpc) is 2.51. The normalized spacial score (nSPS) is 10.8. The molecule has 1 N–H and O–H groups in total. The van der Waals surface area contributed by atoms with Crippen LogP contribution in [0.1, 0.15) is 11.1 Å². The first-order chi connectivity index (χ1) is 10.1. The molecule has 0 bridgehead atoms. The highest BCUT2D eigenvalue weighted by Gasteiger charge is 2.07. The van der Waals surface area contributed by atoms with Gasteiger partial charge in [-0.1, -0.05) is 48.5 Å². The molecule has 0 heterocycles. The van der Waals surface area contributed by atoms with Crippen LogP contribution < -0.4 is 4.90 Å². The van der Waals surface area contributed by atoms with Gasteiger partial charge in [-0.2, -0.15) is 0 Å². The second-order valence-corrected chi connectivity index (χ2v) is 5.53. The molecule has 106 valence electrons. The standard InChI is InChI=1S/C19H19NO/c1-20(2)17-11-7-14(8-12-17)13-16-10-9-15-5-3-4-6-18(15)19(16)21/h3-12,21H,13H2,1-2H3. The quantitative estimate of drug-likeness (QED) is 0.775. The number of nitrogens with zero attached hydrogens (tertiary/aromatic N) is 1. The van der Waals surface area contributed by atoms with Crippen molar-refractivity contribution in [3.63, 3.8) is 0 Å². The molecule has 0 aliphatic heterocycles. The van der Waals surface area contributed by atoms with E-state index in [0.29, 0.717) is 5.75 Å². The van der Waals surface area contributed by atoms with Crippen molar-refractivity contribution in [3.8, 4) is 5.75 Å². The number of rotatable bonds is 3. The van der Waals surface area contributed by atoms with E-state index in [-0.39, 0.29) is 0 Å². The lowest BCUT2D eigenvalue weighted by Crippen LogP contribution is -2.08. The third-order valence-electron chi connectivity index (χ3n) is 3.83. The highest BCUT2D eigenvalue weighted by Crippen LogP contribution is 2.30. The molecule has 0 atom stereocenters. The van der Waals surface area contributed by atoms with Crippen LogP contribution in [0.5, 0.6) is 5.75 Å². The van der Waals surface area contributed by atoms with E-state index in [4.69, 9.17) is 0 Å². The first-order valence-corrected chi connectivity index (χ1v) is 7.11. The summed E-state index contributed by atoms with van der Waals surface area (Å²) in [6.07, 6.45) is 0.740. The van der Waals surface area contributed by atoms with Crippen LogP contribution in [-0.2, 0) is 6.42 Å². The molecule has 0 unspecified atom stereocenters. The Morgan fingerprint density at radius 2 is 1.57 bits per heavy atom. The molecule has 2 nitrogen and oxygen atoms in total. The van der Waals surface area contributed by atoms with Crippen LogP contribution in [0, 0.1) is 0 Å². The van der Waals surface area contributed by atoms with Crippen molar-refractivity contribution in [2.24, 2.45) is 0 Å². The summed E-state index contributed by atoms with van der Waals surface area (Å²) in [6, 6.07) is 20.4. The predicted molar refractivity (Wildman–Crippen MR) is 89.2 cm³/mol. The predicted octanol–water partition coefficient (Wildman–Crippen LogP) is 4.20. The van der Waals surface area contributed by atoms with Crippen LogP contribution in [-0.4, -0.2) is 19.2 Å². The van der Waals surface area contributed by atoms with E-state index < -0.39 is 0 Å². The molecule has 0 saturated heterocycles. The van der Waals surface area contributed by atoms with Gasteiger partial charge in [-0.25, -0.2) is 0 Å². The maximum atomic E-state index is 10.4. The van der Waals surface area contributed by atoms with E-state index >= 15 is 0 Å².